The summed E-state index contributed by atoms with van der Waals surface area (Å²) in [7, 11) is 0. The molecular weight excluding hydrogens is 250 g/mol. The van der Waals surface area contributed by atoms with E-state index in [1.165, 1.54) is 5.56 Å². The summed E-state index contributed by atoms with van der Waals surface area (Å²) < 4.78 is 11.4. The molecule has 0 radical (unpaired) electrons. The summed E-state index contributed by atoms with van der Waals surface area (Å²) in [5, 5.41) is 0. The molecular formula is C17H21NO2. The Hall–Kier alpha value is -2.16. The molecule has 2 aromatic rings. The predicted octanol–water partition coefficient (Wildman–Crippen LogP) is 3.65. The highest BCUT2D eigenvalue weighted by Gasteiger charge is 2.02. The predicted molar refractivity (Wildman–Crippen MR) is 82.5 cm³/mol. The van der Waals surface area contributed by atoms with Crippen LogP contribution in [0.1, 0.15) is 16.7 Å². The fourth-order valence-corrected chi connectivity index (χ4v) is 1.97. The first-order valence-electron chi connectivity index (χ1n) is 6.75. The second-order valence-corrected chi connectivity index (χ2v) is 5.01. The molecule has 0 aliphatic carbocycles. The van der Waals surface area contributed by atoms with Crippen LogP contribution in [0.4, 0.5) is 5.69 Å². The first-order valence-corrected chi connectivity index (χ1v) is 6.75. The summed E-state index contributed by atoms with van der Waals surface area (Å²) >= 11 is 0. The van der Waals surface area contributed by atoms with Crippen molar-refractivity contribution < 1.29 is 9.47 Å². The minimum Gasteiger partial charge on any atom is -0.490 e. The van der Waals surface area contributed by atoms with Crippen LogP contribution >= 0.6 is 0 Å². The van der Waals surface area contributed by atoms with Crippen molar-refractivity contribution in [3.63, 3.8) is 0 Å². The van der Waals surface area contributed by atoms with E-state index < -0.39 is 0 Å². The number of rotatable bonds is 5. The molecule has 0 aliphatic heterocycles. The van der Waals surface area contributed by atoms with E-state index in [9.17, 15) is 0 Å². The number of nitrogen functional groups attached to an aromatic ring is 1. The molecule has 0 fully saturated rings. The van der Waals surface area contributed by atoms with Crippen molar-refractivity contribution in [2.24, 2.45) is 0 Å². The third kappa shape index (κ3) is 3.67. The Morgan fingerprint density at radius 3 is 2.10 bits per heavy atom. The number of hydrogen-bond donors (Lipinski definition) is 1. The van der Waals surface area contributed by atoms with Gasteiger partial charge in [-0.2, -0.15) is 0 Å². The lowest BCUT2D eigenvalue weighted by molar-refractivity contribution is 0.217. The zero-order valence-corrected chi connectivity index (χ0v) is 12.3. The van der Waals surface area contributed by atoms with Crippen LogP contribution in [0.2, 0.25) is 0 Å². The van der Waals surface area contributed by atoms with Gasteiger partial charge in [0.05, 0.1) is 5.69 Å². The molecule has 0 saturated heterocycles. The second kappa shape index (κ2) is 6.33. The maximum Gasteiger partial charge on any atom is 0.142 e. The Balaban J connectivity index is 1.86. The lowest BCUT2D eigenvalue weighted by Crippen LogP contribution is -2.10. The summed E-state index contributed by atoms with van der Waals surface area (Å²) in [5.74, 6) is 1.62. The summed E-state index contributed by atoms with van der Waals surface area (Å²) in [5.41, 5.74) is 10.0. The van der Waals surface area contributed by atoms with E-state index in [0.29, 0.717) is 24.7 Å². The second-order valence-electron chi connectivity index (χ2n) is 5.01. The fourth-order valence-electron chi connectivity index (χ4n) is 1.97. The van der Waals surface area contributed by atoms with Gasteiger partial charge in [0, 0.05) is 0 Å². The average molecular weight is 271 g/mol. The molecule has 20 heavy (non-hydrogen) atoms. The summed E-state index contributed by atoms with van der Waals surface area (Å²) in [6.45, 7) is 7.06. The van der Waals surface area contributed by atoms with Crippen LogP contribution in [0, 0.1) is 20.8 Å². The minimum atomic E-state index is 0.473. The van der Waals surface area contributed by atoms with Crippen molar-refractivity contribution in [1.82, 2.24) is 0 Å². The third-order valence-electron chi connectivity index (χ3n) is 3.11. The molecule has 0 saturated carbocycles. The van der Waals surface area contributed by atoms with Gasteiger partial charge >= 0.3 is 0 Å². The van der Waals surface area contributed by atoms with Crippen molar-refractivity contribution in [2.45, 2.75) is 20.8 Å². The normalized spacial score (nSPS) is 10.3. The van der Waals surface area contributed by atoms with Gasteiger partial charge in [-0.05, 0) is 55.7 Å². The summed E-state index contributed by atoms with van der Waals surface area (Å²) in [6, 6.07) is 11.9. The van der Waals surface area contributed by atoms with Crippen molar-refractivity contribution in [2.75, 3.05) is 18.9 Å². The topological polar surface area (TPSA) is 44.5 Å². The standard InChI is InChI=1S/C17H21NO2/c1-12-5-7-16(15(18)10-12)19-8-9-20-17-11-13(2)4-6-14(17)3/h4-7,10-11H,8-9,18H2,1-3H3. The highest BCUT2D eigenvalue weighted by atomic mass is 16.5. The summed E-state index contributed by atoms with van der Waals surface area (Å²) in [4.78, 5) is 0. The smallest absolute Gasteiger partial charge is 0.142 e. The van der Waals surface area contributed by atoms with Gasteiger partial charge in [0.25, 0.3) is 0 Å². The van der Waals surface area contributed by atoms with Crippen LogP contribution in [0.25, 0.3) is 0 Å². The van der Waals surface area contributed by atoms with Gasteiger partial charge in [0.2, 0.25) is 0 Å². The van der Waals surface area contributed by atoms with E-state index in [1.54, 1.807) is 0 Å². The molecule has 2 rings (SSSR count). The molecule has 0 bridgehead atoms. The molecule has 0 amide bonds. The fraction of sp³-hybridized carbons (Fsp3) is 0.294. The van der Waals surface area contributed by atoms with E-state index >= 15 is 0 Å². The van der Waals surface area contributed by atoms with Gasteiger partial charge < -0.3 is 15.2 Å². The van der Waals surface area contributed by atoms with Gasteiger partial charge in [-0.3, -0.25) is 0 Å². The monoisotopic (exact) mass is 271 g/mol. The van der Waals surface area contributed by atoms with Crippen LogP contribution in [0.3, 0.4) is 0 Å². The van der Waals surface area contributed by atoms with Gasteiger partial charge in [0.15, 0.2) is 0 Å². The maximum atomic E-state index is 5.89. The van der Waals surface area contributed by atoms with E-state index in [1.807, 2.05) is 38.1 Å². The molecule has 0 unspecified atom stereocenters. The van der Waals surface area contributed by atoms with Gasteiger partial charge in [-0.1, -0.05) is 18.2 Å². The van der Waals surface area contributed by atoms with Gasteiger partial charge in [-0.25, -0.2) is 0 Å². The van der Waals surface area contributed by atoms with Crippen LogP contribution in [0.5, 0.6) is 11.5 Å². The number of nitrogens with two attached hydrogens (primary N) is 1. The average Bonchev–Trinajstić information content (AvgIpc) is 2.40. The maximum absolute atomic E-state index is 5.89. The quantitative estimate of drug-likeness (QED) is 0.667. The largest absolute Gasteiger partial charge is 0.490 e. The number of anilines is 1. The van der Waals surface area contributed by atoms with E-state index in [2.05, 4.69) is 19.1 Å². The van der Waals surface area contributed by atoms with E-state index in [-0.39, 0.29) is 0 Å². The molecule has 3 heteroatoms. The SMILES string of the molecule is Cc1ccc(OCCOc2cc(C)ccc2C)c(N)c1. The van der Waals surface area contributed by atoms with E-state index in [4.69, 9.17) is 15.2 Å². The molecule has 0 aromatic heterocycles. The minimum absolute atomic E-state index is 0.473. The molecule has 2 aromatic carbocycles. The van der Waals surface area contributed by atoms with Crippen molar-refractivity contribution in [3.8, 4) is 11.5 Å². The van der Waals surface area contributed by atoms with E-state index in [0.717, 1.165) is 16.9 Å². The van der Waals surface area contributed by atoms with Crippen LogP contribution < -0.4 is 15.2 Å². The Labute approximate surface area is 120 Å². The van der Waals surface area contributed by atoms with Crippen LogP contribution in [0.15, 0.2) is 36.4 Å². The molecule has 0 heterocycles. The third-order valence-corrected chi connectivity index (χ3v) is 3.11. The van der Waals surface area contributed by atoms with Crippen LogP contribution in [-0.4, -0.2) is 13.2 Å². The highest BCUT2D eigenvalue weighted by Crippen LogP contribution is 2.22. The van der Waals surface area contributed by atoms with Crippen molar-refractivity contribution >= 4 is 5.69 Å². The number of aryl methyl sites for hydroxylation is 3. The number of ether oxygens (including phenoxy) is 2. The van der Waals surface area contributed by atoms with Gasteiger partial charge in [0.1, 0.15) is 24.7 Å². The molecule has 106 valence electrons. The Bertz CT molecular complexity index is 594. The first kappa shape index (κ1) is 14.3. The van der Waals surface area contributed by atoms with Gasteiger partial charge in [-0.15, -0.1) is 0 Å². The lowest BCUT2D eigenvalue weighted by Gasteiger charge is -2.12. The zero-order valence-electron chi connectivity index (χ0n) is 12.3. The first-order chi connectivity index (χ1) is 9.56. The number of benzene rings is 2. The Morgan fingerprint density at radius 2 is 1.40 bits per heavy atom. The molecule has 3 nitrogen and oxygen atoms in total. The molecule has 0 atom stereocenters. The molecule has 0 spiro atoms. The molecule has 0 aliphatic rings. The highest BCUT2D eigenvalue weighted by molar-refractivity contribution is 5.54. The number of hydrogen-bond acceptors (Lipinski definition) is 3. The van der Waals surface area contributed by atoms with Crippen molar-refractivity contribution in [3.05, 3.63) is 53.1 Å². The Morgan fingerprint density at radius 1 is 0.800 bits per heavy atom. The van der Waals surface area contributed by atoms with Crippen molar-refractivity contribution in [1.29, 1.82) is 0 Å². The summed E-state index contributed by atoms with van der Waals surface area (Å²) in [6.07, 6.45) is 0. The van der Waals surface area contributed by atoms with Crippen LogP contribution in [-0.2, 0) is 0 Å². The zero-order chi connectivity index (χ0) is 14.5. The lowest BCUT2D eigenvalue weighted by atomic mass is 10.1. The Kier molecular flexibility index (Phi) is 4.51. The molecule has 2 N–H and O–H groups in total.